The minimum Gasteiger partial charge on any atom is -0.481 e. The summed E-state index contributed by atoms with van der Waals surface area (Å²) in [5, 5.41) is 6.14. The lowest BCUT2D eigenvalue weighted by Gasteiger charge is -2.29. The fourth-order valence-electron chi connectivity index (χ4n) is 3.15. The van der Waals surface area contributed by atoms with E-state index in [9.17, 15) is 13.6 Å². The number of ether oxygens (including phenoxy) is 2. The number of methoxy groups -OCH3 is 2. The zero-order valence-electron chi connectivity index (χ0n) is 15.7. The van der Waals surface area contributed by atoms with Crippen molar-refractivity contribution in [3.63, 3.8) is 0 Å². The van der Waals surface area contributed by atoms with Gasteiger partial charge in [0.15, 0.2) is 11.6 Å². The van der Waals surface area contributed by atoms with E-state index in [2.05, 4.69) is 20.6 Å². The lowest BCUT2D eigenvalue weighted by Crippen LogP contribution is -2.40. The molecule has 1 aromatic heterocycles. The average molecular weight is 392 g/mol. The number of anilines is 1. The number of nitrogens with zero attached hydrogens (tertiary/aromatic N) is 2. The van der Waals surface area contributed by atoms with E-state index in [1.165, 1.54) is 20.3 Å². The third-order valence-corrected chi connectivity index (χ3v) is 4.67. The van der Waals surface area contributed by atoms with Crippen LogP contribution in [0.25, 0.3) is 0 Å². The fourth-order valence-corrected chi connectivity index (χ4v) is 3.15. The molecule has 9 heteroatoms. The van der Waals surface area contributed by atoms with Gasteiger partial charge in [0.25, 0.3) is 5.91 Å². The van der Waals surface area contributed by atoms with Crippen molar-refractivity contribution in [3.8, 4) is 11.8 Å². The summed E-state index contributed by atoms with van der Waals surface area (Å²) in [4.78, 5) is 20.7. The predicted octanol–water partition coefficient (Wildman–Crippen LogP) is 2.93. The van der Waals surface area contributed by atoms with Crippen molar-refractivity contribution < 1.29 is 23.0 Å². The van der Waals surface area contributed by atoms with E-state index in [0.29, 0.717) is 17.7 Å². The molecule has 3 rings (SSSR count). The Morgan fingerprint density at radius 3 is 2.14 bits per heavy atom. The Kier molecular flexibility index (Phi) is 6.23. The van der Waals surface area contributed by atoms with Gasteiger partial charge < -0.3 is 20.1 Å². The first-order chi connectivity index (χ1) is 13.5. The van der Waals surface area contributed by atoms with Crippen LogP contribution in [-0.2, 0) is 0 Å². The van der Waals surface area contributed by atoms with E-state index >= 15 is 0 Å². The highest BCUT2D eigenvalue weighted by Crippen LogP contribution is 2.24. The van der Waals surface area contributed by atoms with Crippen molar-refractivity contribution in [3.05, 3.63) is 41.5 Å². The second kappa shape index (κ2) is 8.81. The van der Waals surface area contributed by atoms with Crippen molar-refractivity contribution in [2.45, 2.75) is 37.8 Å². The van der Waals surface area contributed by atoms with E-state index in [1.807, 2.05) is 0 Å². The maximum absolute atomic E-state index is 13.3. The number of hydrogen-bond donors (Lipinski definition) is 2. The normalized spacial score (nSPS) is 19.0. The molecule has 0 atom stereocenters. The van der Waals surface area contributed by atoms with Gasteiger partial charge in [-0.1, -0.05) is 0 Å². The predicted molar refractivity (Wildman–Crippen MR) is 98.6 cm³/mol. The molecule has 0 saturated heterocycles. The first-order valence-corrected chi connectivity index (χ1v) is 8.98. The largest absolute Gasteiger partial charge is 0.481 e. The Balaban J connectivity index is 1.53. The zero-order valence-corrected chi connectivity index (χ0v) is 15.7. The van der Waals surface area contributed by atoms with Gasteiger partial charge in [-0.15, -0.1) is 0 Å². The van der Waals surface area contributed by atoms with Gasteiger partial charge in [0.2, 0.25) is 17.7 Å². The molecule has 150 valence electrons. The maximum Gasteiger partial charge on any atom is 0.251 e. The van der Waals surface area contributed by atoms with Gasteiger partial charge in [0.05, 0.1) is 20.3 Å². The Bertz CT molecular complexity index is 820. The average Bonchev–Trinajstić information content (AvgIpc) is 2.71. The van der Waals surface area contributed by atoms with Gasteiger partial charge in [-0.25, -0.2) is 8.78 Å². The van der Waals surface area contributed by atoms with Gasteiger partial charge in [-0.3, -0.25) is 4.79 Å². The number of nitrogens with one attached hydrogen (secondary N) is 2. The third-order valence-electron chi connectivity index (χ3n) is 4.67. The molecule has 0 bridgehead atoms. The smallest absolute Gasteiger partial charge is 0.251 e. The molecule has 28 heavy (non-hydrogen) atoms. The van der Waals surface area contributed by atoms with E-state index in [4.69, 9.17) is 9.47 Å². The summed E-state index contributed by atoms with van der Waals surface area (Å²) in [5.74, 6) is -1.18. The number of halogens is 2. The minimum atomic E-state index is -1.03. The number of rotatable bonds is 6. The second-order valence-electron chi connectivity index (χ2n) is 6.57. The molecule has 7 nitrogen and oxygen atoms in total. The van der Waals surface area contributed by atoms with Gasteiger partial charge in [-0.05, 0) is 43.9 Å². The van der Waals surface area contributed by atoms with E-state index < -0.39 is 17.5 Å². The van der Waals surface area contributed by atoms with Crippen LogP contribution >= 0.6 is 0 Å². The van der Waals surface area contributed by atoms with E-state index in [1.54, 1.807) is 6.07 Å². The fraction of sp³-hybridized carbons (Fsp3) is 0.421. The van der Waals surface area contributed by atoms with Crippen molar-refractivity contribution in [1.29, 1.82) is 0 Å². The van der Waals surface area contributed by atoms with Crippen molar-refractivity contribution in [1.82, 2.24) is 15.3 Å². The molecule has 1 saturated carbocycles. The van der Waals surface area contributed by atoms with Crippen LogP contribution in [-0.4, -0.2) is 42.2 Å². The Hall–Kier alpha value is -2.97. The molecule has 1 amide bonds. The van der Waals surface area contributed by atoms with Crippen molar-refractivity contribution in [2.75, 3.05) is 19.5 Å². The second-order valence-corrected chi connectivity index (χ2v) is 6.57. The Labute approximate surface area is 161 Å². The molecule has 2 N–H and O–H groups in total. The van der Waals surface area contributed by atoms with Crippen molar-refractivity contribution >= 4 is 11.9 Å². The zero-order chi connectivity index (χ0) is 20.1. The molecule has 1 aliphatic rings. The van der Waals surface area contributed by atoms with Crippen LogP contribution < -0.4 is 20.1 Å². The lowest BCUT2D eigenvalue weighted by molar-refractivity contribution is 0.0926. The molecule has 2 aromatic rings. The van der Waals surface area contributed by atoms with Crippen LogP contribution in [0.5, 0.6) is 11.8 Å². The molecule has 0 unspecified atom stereocenters. The summed E-state index contributed by atoms with van der Waals surface area (Å²) in [6.07, 6.45) is 3.08. The summed E-state index contributed by atoms with van der Waals surface area (Å²) in [6, 6.07) is 4.84. The number of hydrogen-bond acceptors (Lipinski definition) is 6. The first-order valence-electron chi connectivity index (χ1n) is 8.98. The molecule has 1 aromatic carbocycles. The quantitative estimate of drug-likeness (QED) is 0.786. The molecule has 1 fully saturated rings. The Morgan fingerprint density at radius 2 is 1.57 bits per heavy atom. The molecule has 1 heterocycles. The number of aromatic nitrogens is 2. The minimum absolute atomic E-state index is 0.0283. The maximum atomic E-state index is 13.3. The summed E-state index contributed by atoms with van der Waals surface area (Å²) in [6.45, 7) is 0. The molecular weight excluding hydrogens is 370 g/mol. The monoisotopic (exact) mass is 392 g/mol. The number of benzene rings is 1. The number of amides is 1. The SMILES string of the molecule is COc1cc(OC)nc(NC2CCC(NC(=O)c3ccc(F)c(F)c3)CC2)n1. The van der Waals surface area contributed by atoms with Gasteiger partial charge in [0, 0.05) is 17.6 Å². The van der Waals surface area contributed by atoms with Gasteiger partial charge in [-0.2, -0.15) is 9.97 Å². The lowest BCUT2D eigenvalue weighted by atomic mass is 9.91. The molecular formula is C19H22F2N4O3. The van der Waals surface area contributed by atoms with Gasteiger partial charge >= 0.3 is 0 Å². The molecule has 0 radical (unpaired) electrons. The molecule has 0 aliphatic heterocycles. The first kappa shape index (κ1) is 19.8. The van der Waals surface area contributed by atoms with Crippen LogP contribution in [0.15, 0.2) is 24.3 Å². The van der Waals surface area contributed by atoms with Crippen LogP contribution in [0.3, 0.4) is 0 Å². The van der Waals surface area contributed by atoms with E-state index in [0.717, 1.165) is 37.8 Å². The summed E-state index contributed by atoms with van der Waals surface area (Å²) >= 11 is 0. The van der Waals surface area contributed by atoms with Crippen LogP contribution in [0.4, 0.5) is 14.7 Å². The highest BCUT2D eigenvalue weighted by Gasteiger charge is 2.24. The Morgan fingerprint density at radius 1 is 0.964 bits per heavy atom. The number of carbonyl (C=O) groups is 1. The third kappa shape index (κ3) is 4.85. The van der Waals surface area contributed by atoms with E-state index in [-0.39, 0.29) is 17.6 Å². The number of carbonyl (C=O) groups excluding carboxylic acids is 1. The highest BCUT2D eigenvalue weighted by atomic mass is 19.2. The summed E-state index contributed by atoms with van der Waals surface area (Å²) < 4.78 is 36.6. The topological polar surface area (TPSA) is 85.4 Å². The van der Waals surface area contributed by atoms with Crippen LogP contribution in [0.1, 0.15) is 36.0 Å². The summed E-state index contributed by atoms with van der Waals surface area (Å²) in [7, 11) is 3.04. The van der Waals surface area contributed by atoms with Crippen LogP contribution in [0, 0.1) is 11.6 Å². The summed E-state index contributed by atoms with van der Waals surface area (Å²) in [5.41, 5.74) is 0.107. The highest BCUT2D eigenvalue weighted by molar-refractivity contribution is 5.94. The molecule has 0 spiro atoms. The van der Waals surface area contributed by atoms with Crippen molar-refractivity contribution in [2.24, 2.45) is 0 Å². The van der Waals surface area contributed by atoms with Crippen LogP contribution in [0.2, 0.25) is 0 Å². The van der Waals surface area contributed by atoms with Gasteiger partial charge in [0.1, 0.15) is 0 Å². The standard InChI is InChI=1S/C19H22F2N4O3/c1-27-16-10-17(28-2)25-19(24-16)23-13-6-4-12(5-7-13)22-18(26)11-3-8-14(20)15(21)9-11/h3,8-10,12-13H,4-7H2,1-2H3,(H,22,26)(H,23,24,25). The molecule has 1 aliphatic carbocycles.